The van der Waals surface area contributed by atoms with Gasteiger partial charge in [-0.15, -0.1) is 0 Å². The molecule has 36 heavy (non-hydrogen) atoms. The van der Waals surface area contributed by atoms with Crippen molar-refractivity contribution in [1.29, 1.82) is 0 Å². The van der Waals surface area contributed by atoms with Crippen molar-refractivity contribution < 1.29 is 9.53 Å². The number of benzene rings is 3. The first-order valence-corrected chi connectivity index (χ1v) is 13.5. The van der Waals surface area contributed by atoms with E-state index in [1.165, 1.54) is 27.8 Å². The Labute approximate surface area is 223 Å². The highest BCUT2D eigenvalue weighted by Crippen LogP contribution is 2.55. The maximum absolute atomic E-state index is 10.9. The van der Waals surface area contributed by atoms with Crippen molar-refractivity contribution in [3.8, 4) is 11.1 Å². The predicted molar refractivity (Wildman–Crippen MR) is 153 cm³/mol. The van der Waals surface area contributed by atoms with Crippen LogP contribution in [0.1, 0.15) is 55.7 Å². The molecule has 184 valence electrons. The normalized spacial score (nSPS) is 16.9. The summed E-state index contributed by atoms with van der Waals surface area (Å²) in [6.45, 7) is 2.58. The second-order valence-corrected chi connectivity index (χ2v) is 10.1. The Morgan fingerprint density at radius 2 is 1.64 bits per heavy atom. The van der Waals surface area contributed by atoms with E-state index < -0.39 is 0 Å². The maximum atomic E-state index is 10.9. The molecule has 0 aliphatic heterocycles. The number of fused-ring (bicyclic) bond motifs is 3. The summed E-state index contributed by atoms with van der Waals surface area (Å²) in [5, 5.41) is 0. The molecule has 0 N–H and O–H groups in total. The lowest BCUT2D eigenvalue weighted by atomic mass is 9.69. The second kappa shape index (κ2) is 12.7. The Kier molecular flexibility index (Phi) is 9.13. The van der Waals surface area contributed by atoms with Crippen molar-refractivity contribution in [3.63, 3.8) is 0 Å². The summed E-state index contributed by atoms with van der Waals surface area (Å²) in [7, 11) is 0. The van der Waals surface area contributed by atoms with Crippen molar-refractivity contribution in [3.05, 3.63) is 130 Å². The molecule has 3 aromatic carbocycles. The van der Waals surface area contributed by atoms with E-state index in [0.29, 0.717) is 12.2 Å². The molecule has 0 saturated heterocycles. The molecule has 0 bridgehead atoms. The van der Waals surface area contributed by atoms with Crippen LogP contribution in [0.25, 0.3) is 11.1 Å². The van der Waals surface area contributed by atoms with Crippen molar-refractivity contribution in [1.82, 2.24) is 0 Å². The van der Waals surface area contributed by atoms with Crippen LogP contribution in [0.4, 0.5) is 0 Å². The molecule has 0 heterocycles. The van der Waals surface area contributed by atoms with E-state index in [-0.39, 0.29) is 5.41 Å². The van der Waals surface area contributed by atoms with Crippen LogP contribution in [-0.2, 0) is 14.9 Å². The Morgan fingerprint density at radius 3 is 2.44 bits per heavy atom. The molecule has 2 nitrogen and oxygen atoms in total. The van der Waals surface area contributed by atoms with E-state index in [4.69, 9.17) is 4.74 Å². The third kappa shape index (κ3) is 5.63. The SMILES string of the molecule is C\C=C/C(C=O)=C\C=C\OCCCCCCC1(c2ccccc2)c2ccccc2-c2ccc(Br)cc21. The monoisotopic (exact) mass is 540 g/mol. The second-order valence-electron chi connectivity index (χ2n) is 9.15. The van der Waals surface area contributed by atoms with E-state index in [2.05, 4.69) is 88.7 Å². The fourth-order valence-corrected chi connectivity index (χ4v) is 5.68. The number of unbranched alkanes of at least 4 members (excludes halogenated alkanes) is 3. The molecule has 1 aliphatic rings. The standard InChI is InChI=1S/C33H33BrO2/c1-2-13-26(25-35)14-12-23-36-22-11-4-3-10-21-33(27-15-6-5-7-16-27)31-18-9-8-17-29(31)30-20-19-28(34)24-32(30)33/h2,5-9,12-20,23-25H,3-4,10-11,21-22H2,1H3/b13-2-,23-12+,26-14+. The number of carbonyl (C=O) groups is 1. The largest absolute Gasteiger partial charge is 0.501 e. The van der Waals surface area contributed by atoms with Gasteiger partial charge in [0.05, 0.1) is 12.9 Å². The number of hydrogen-bond acceptors (Lipinski definition) is 2. The van der Waals surface area contributed by atoms with Gasteiger partial charge in [0.1, 0.15) is 6.29 Å². The van der Waals surface area contributed by atoms with Crippen LogP contribution in [0.5, 0.6) is 0 Å². The Hall–Kier alpha value is -3.17. The minimum Gasteiger partial charge on any atom is -0.501 e. The lowest BCUT2D eigenvalue weighted by Gasteiger charge is -2.33. The van der Waals surface area contributed by atoms with Crippen LogP contribution < -0.4 is 0 Å². The van der Waals surface area contributed by atoms with Gasteiger partial charge >= 0.3 is 0 Å². The van der Waals surface area contributed by atoms with Gasteiger partial charge in [0, 0.05) is 15.5 Å². The molecule has 1 unspecified atom stereocenters. The van der Waals surface area contributed by atoms with Gasteiger partial charge in [0.2, 0.25) is 0 Å². The number of rotatable bonds is 12. The fraction of sp³-hybridized carbons (Fsp3) is 0.242. The number of halogens is 1. The molecule has 0 amide bonds. The van der Waals surface area contributed by atoms with Crippen molar-refractivity contribution in [2.24, 2.45) is 0 Å². The summed E-state index contributed by atoms with van der Waals surface area (Å²) in [5.41, 5.74) is 7.38. The smallest absolute Gasteiger partial charge is 0.150 e. The zero-order valence-corrected chi connectivity index (χ0v) is 22.4. The van der Waals surface area contributed by atoms with Crippen LogP contribution in [0.2, 0.25) is 0 Å². The van der Waals surface area contributed by atoms with Crippen molar-refractivity contribution >= 4 is 22.2 Å². The van der Waals surface area contributed by atoms with Crippen LogP contribution in [0, 0.1) is 0 Å². The van der Waals surface area contributed by atoms with Crippen molar-refractivity contribution in [2.75, 3.05) is 6.61 Å². The van der Waals surface area contributed by atoms with Gasteiger partial charge in [-0.05, 0) is 71.9 Å². The summed E-state index contributed by atoms with van der Waals surface area (Å²) >= 11 is 3.74. The summed E-state index contributed by atoms with van der Waals surface area (Å²) in [6, 6.07) is 26.6. The van der Waals surface area contributed by atoms with Crippen LogP contribution in [0.3, 0.4) is 0 Å². The van der Waals surface area contributed by atoms with E-state index >= 15 is 0 Å². The van der Waals surface area contributed by atoms with Crippen molar-refractivity contribution in [2.45, 2.75) is 44.4 Å². The first-order valence-electron chi connectivity index (χ1n) is 12.7. The number of allylic oxidation sites excluding steroid dienone is 5. The number of hydrogen-bond donors (Lipinski definition) is 0. The van der Waals surface area contributed by atoms with Crippen LogP contribution >= 0.6 is 15.9 Å². The zero-order valence-electron chi connectivity index (χ0n) is 20.8. The lowest BCUT2D eigenvalue weighted by Crippen LogP contribution is -2.27. The van der Waals surface area contributed by atoms with Gasteiger partial charge in [-0.3, -0.25) is 4.79 Å². The summed E-state index contributed by atoms with van der Waals surface area (Å²) in [6.07, 6.45) is 15.2. The van der Waals surface area contributed by atoms with E-state index in [1.54, 1.807) is 24.5 Å². The molecule has 3 heteroatoms. The fourth-order valence-electron chi connectivity index (χ4n) is 5.32. The molecule has 0 radical (unpaired) electrons. The van der Waals surface area contributed by atoms with Gasteiger partial charge in [-0.1, -0.05) is 108 Å². The maximum Gasteiger partial charge on any atom is 0.150 e. The number of ether oxygens (including phenoxy) is 1. The van der Waals surface area contributed by atoms with Gasteiger partial charge < -0.3 is 4.74 Å². The molecular formula is C33H33BrO2. The first-order chi connectivity index (χ1) is 17.7. The highest BCUT2D eigenvalue weighted by molar-refractivity contribution is 9.10. The average molecular weight is 542 g/mol. The molecule has 0 spiro atoms. The number of aldehydes is 1. The van der Waals surface area contributed by atoms with Crippen LogP contribution in [0.15, 0.2) is 113 Å². The van der Waals surface area contributed by atoms with Gasteiger partial charge in [-0.25, -0.2) is 0 Å². The minimum absolute atomic E-state index is 0.133. The van der Waals surface area contributed by atoms with Gasteiger partial charge in [0.15, 0.2) is 0 Å². The molecule has 1 aliphatic carbocycles. The highest BCUT2D eigenvalue weighted by Gasteiger charge is 2.43. The molecular weight excluding hydrogens is 508 g/mol. The van der Waals surface area contributed by atoms with E-state index in [9.17, 15) is 4.79 Å². The summed E-state index contributed by atoms with van der Waals surface area (Å²) in [5.74, 6) is 0. The quantitative estimate of drug-likeness (QED) is 0.0752. The summed E-state index contributed by atoms with van der Waals surface area (Å²) in [4.78, 5) is 10.9. The molecule has 0 saturated carbocycles. The molecule has 4 rings (SSSR count). The molecule has 1 atom stereocenters. The van der Waals surface area contributed by atoms with Gasteiger partial charge in [0.25, 0.3) is 0 Å². The van der Waals surface area contributed by atoms with Gasteiger partial charge in [-0.2, -0.15) is 0 Å². The highest BCUT2D eigenvalue weighted by atomic mass is 79.9. The average Bonchev–Trinajstić information content (AvgIpc) is 3.19. The molecule has 0 fully saturated rings. The first kappa shape index (κ1) is 25.9. The van der Waals surface area contributed by atoms with Crippen LogP contribution in [-0.4, -0.2) is 12.9 Å². The summed E-state index contributed by atoms with van der Waals surface area (Å²) < 4.78 is 6.74. The Balaban J connectivity index is 1.42. The minimum atomic E-state index is -0.133. The Morgan fingerprint density at radius 1 is 0.889 bits per heavy atom. The van der Waals surface area contributed by atoms with E-state index in [1.807, 2.05) is 13.0 Å². The zero-order chi connectivity index (χ0) is 25.2. The lowest BCUT2D eigenvalue weighted by molar-refractivity contribution is -0.104. The third-order valence-electron chi connectivity index (χ3n) is 6.91. The Bertz CT molecular complexity index is 1260. The van der Waals surface area contributed by atoms with E-state index in [0.717, 1.165) is 42.9 Å². The molecule has 0 aromatic heterocycles. The molecule has 3 aromatic rings. The predicted octanol–water partition coefficient (Wildman–Crippen LogP) is 8.95. The number of carbonyl (C=O) groups excluding carboxylic acids is 1. The topological polar surface area (TPSA) is 26.3 Å². The third-order valence-corrected chi connectivity index (χ3v) is 7.40.